The molecule has 0 saturated carbocycles. The number of carbonyl (C=O) groups is 1. The summed E-state index contributed by atoms with van der Waals surface area (Å²) in [4.78, 5) is 13.8. The number of aromatic nitrogens is 2. The Labute approximate surface area is 105 Å². The number of nitrogens with zero attached hydrogens (tertiary/aromatic N) is 3. The Bertz CT molecular complexity index is 356. The number of hydrogen-bond acceptors (Lipinski definition) is 4. The first-order chi connectivity index (χ1) is 7.58. The average molecular weight is 262 g/mol. The van der Waals surface area contributed by atoms with E-state index in [4.69, 9.17) is 11.6 Å². The van der Waals surface area contributed by atoms with Crippen molar-refractivity contribution in [2.24, 2.45) is 5.92 Å². The van der Waals surface area contributed by atoms with Crippen molar-refractivity contribution >= 4 is 28.8 Å². The van der Waals surface area contributed by atoms with Gasteiger partial charge in [-0.2, -0.15) is 0 Å². The Kier molecular flexibility index (Phi) is 5.15. The second kappa shape index (κ2) is 6.15. The molecule has 0 spiro atoms. The van der Waals surface area contributed by atoms with Crippen LogP contribution in [0.1, 0.15) is 37.0 Å². The maximum absolute atomic E-state index is 12.0. The minimum absolute atomic E-state index is 0.0767. The van der Waals surface area contributed by atoms with Gasteiger partial charge in [-0.05, 0) is 24.4 Å². The normalized spacial score (nSPS) is 12.5. The molecule has 1 aromatic rings. The predicted octanol–water partition coefficient (Wildman–Crippen LogP) is 2.70. The molecule has 0 bridgehead atoms. The van der Waals surface area contributed by atoms with Crippen molar-refractivity contribution in [1.29, 1.82) is 0 Å². The summed E-state index contributed by atoms with van der Waals surface area (Å²) in [6, 6.07) is 0. The molecule has 1 rings (SSSR count). The standard InChI is InChI=1S/C10H16ClN3OS/c1-4-7(3)6-14(5-2)9(15)8-12-13-10(11)16-8/h7H,4-6H2,1-3H3. The van der Waals surface area contributed by atoms with Gasteiger partial charge in [0.2, 0.25) is 9.47 Å². The monoisotopic (exact) mass is 261 g/mol. The molecule has 1 unspecified atom stereocenters. The van der Waals surface area contributed by atoms with Gasteiger partial charge in [-0.1, -0.05) is 31.6 Å². The molecule has 90 valence electrons. The van der Waals surface area contributed by atoms with Crippen molar-refractivity contribution in [3.8, 4) is 0 Å². The van der Waals surface area contributed by atoms with Crippen LogP contribution in [0.4, 0.5) is 0 Å². The van der Waals surface area contributed by atoms with Crippen LogP contribution in [0.2, 0.25) is 4.47 Å². The molecule has 0 aliphatic heterocycles. The Hall–Kier alpha value is -0.680. The molecule has 0 aromatic carbocycles. The quantitative estimate of drug-likeness (QED) is 0.819. The topological polar surface area (TPSA) is 46.1 Å². The lowest BCUT2D eigenvalue weighted by atomic mass is 10.1. The van der Waals surface area contributed by atoms with Crippen LogP contribution in [0.5, 0.6) is 0 Å². The second-order valence-corrected chi connectivity index (χ2v) is 5.28. The van der Waals surface area contributed by atoms with Crippen LogP contribution in [-0.2, 0) is 0 Å². The SMILES string of the molecule is CCC(C)CN(CC)C(=O)c1nnc(Cl)s1. The summed E-state index contributed by atoms with van der Waals surface area (Å²) in [5.41, 5.74) is 0. The van der Waals surface area contributed by atoms with E-state index in [-0.39, 0.29) is 5.91 Å². The molecule has 1 heterocycles. The zero-order chi connectivity index (χ0) is 12.1. The molecule has 1 atom stereocenters. The third-order valence-electron chi connectivity index (χ3n) is 2.48. The number of rotatable bonds is 5. The largest absolute Gasteiger partial charge is 0.337 e. The molecule has 0 saturated heterocycles. The van der Waals surface area contributed by atoms with Gasteiger partial charge in [0.15, 0.2) is 0 Å². The molecule has 16 heavy (non-hydrogen) atoms. The van der Waals surface area contributed by atoms with Gasteiger partial charge >= 0.3 is 0 Å². The van der Waals surface area contributed by atoms with Gasteiger partial charge in [0, 0.05) is 13.1 Å². The number of hydrogen-bond donors (Lipinski definition) is 0. The third kappa shape index (κ3) is 3.42. The van der Waals surface area contributed by atoms with Crippen LogP contribution in [0.3, 0.4) is 0 Å². The van der Waals surface area contributed by atoms with Gasteiger partial charge in [-0.3, -0.25) is 4.79 Å². The Morgan fingerprint density at radius 3 is 2.62 bits per heavy atom. The predicted molar refractivity (Wildman–Crippen MR) is 66.0 cm³/mol. The van der Waals surface area contributed by atoms with Crippen LogP contribution in [0, 0.1) is 5.92 Å². The van der Waals surface area contributed by atoms with Gasteiger partial charge in [-0.15, -0.1) is 10.2 Å². The van der Waals surface area contributed by atoms with Crippen molar-refractivity contribution in [2.45, 2.75) is 27.2 Å². The van der Waals surface area contributed by atoms with Crippen molar-refractivity contribution < 1.29 is 4.79 Å². The van der Waals surface area contributed by atoms with E-state index in [9.17, 15) is 4.79 Å². The first-order valence-electron chi connectivity index (χ1n) is 5.36. The summed E-state index contributed by atoms with van der Waals surface area (Å²) in [6.45, 7) is 7.64. The van der Waals surface area contributed by atoms with E-state index in [1.54, 1.807) is 4.90 Å². The molecule has 0 radical (unpaired) electrons. The van der Waals surface area contributed by atoms with E-state index >= 15 is 0 Å². The maximum Gasteiger partial charge on any atom is 0.284 e. The summed E-state index contributed by atoms with van der Waals surface area (Å²) >= 11 is 6.79. The van der Waals surface area contributed by atoms with Crippen molar-refractivity contribution in [2.75, 3.05) is 13.1 Å². The maximum atomic E-state index is 12.0. The summed E-state index contributed by atoms with van der Waals surface area (Å²) in [6.07, 6.45) is 1.06. The highest BCUT2D eigenvalue weighted by molar-refractivity contribution is 7.17. The fourth-order valence-corrected chi connectivity index (χ4v) is 2.08. The van der Waals surface area contributed by atoms with E-state index in [0.717, 1.165) is 24.3 Å². The molecule has 0 fully saturated rings. The fraction of sp³-hybridized carbons (Fsp3) is 0.700. The van der Waals surface area contributed by atoms with Gasteiger partial charge in [0.05, 0.1) is 0 Å². The lowest BCUT2D eigenvalue weighted by Gasteiger charge is -2.22. The minimum atomic E-state index is -0.0767. The van der Waals surface area contributed by atoms with E-state index in [0.29, 0.717) is 21.9 Å². The molecule has 1 amide bonds. The Morgan fingerprint density at radius 1 is 1.50 bits per heavy atom. The molecule has 4 nitrogen and oxygen atoms in total. The molecule has 0 aliphatic rings. The van der Waals surface area contributed by atoms with Gasteiger partial charge in [-0.25, -0.2) is 0 Å². The summed E-state index contributed by atoms with van der Waals surface area (Å²) in [5, 5.41) is 7.77. The van der Waals surface area contributed by atoms with Crippen LogP contribution < -0.4 is 0 Å². The van der Waals surface area contributed by atoms with Gasteiger partial charge in [0.1, 0.15) is 0 Å². The first kappa shape index (κ1) is 13.4. The van der Waals surface area contributed by atoms with Crippen LogP contribution in [-0.4, -0.2) is 34.1 Å². The minimum Gasteiger partial charge on any atom is -0.337 e. The van der Waals surface area contributed by atoms with Crippen LogP contribution in [0.15, 0.2) is 0 Å². The van der Waals surface area contributed by atoms with Gasteiger partial charge in [0.25, 0.3) is 5.91 Å². The molecule has 0 aliphatic carbocycles. The molecular weight excluding hydrogens is 246 g/mol. The third-order valence-corrected chi connectivity index (χ3v) is 3.49. The van der Waals surface area contributed by atoms with Crippen molar-refractivity contribution in [3.05, 3.63) is 9.47 Å². The Balaban J connectivity index is 2.69. The number of carbonyl (C=O) groups excluding carboxylic acids is 1. The van der Waals surface area contributed by atoms with Gasteiger partial charge < -0.3 is 4.90 Å². The van der Waals surface area contributed by atoms with E-state index in [1.807, 2.05) is 6.92 Å². The average Bonchev–Trinajstić information content (AvgIpc) is 2.71. The van der Waals surface area contributed by atoms with E-state index in [1.165, 1.54) is 0 Å². The zero-order valence-corrected chi connectivity index (χ0v) is 11.3. The van der Waals surface area contributed by atoms with Crippen LogP contribution >= 0.6 is 22.9 Å². The zero-order valence-electron chi connectivity index (χ0n) is 9.73. The highest BCUT2D eigenvalue weighted by Gasteiger charge is 2.19. The summed E-state index contributed by atoms with van der Waals surface area (Å²) in [7, 11) is 0. The molecule has 6 heteroatoms. The van der Waals surface area contributed by atoms with E-state index in [2.05, 4.69) is 24.0 Å². The number of halogens is 1. The number of amides is 1. The molecule has 0 N–H and O–H groups in total. The highest BCUT2D eigenvalue weighted by atomic mass is 35.5. The first-order valence-corrected chi connectivity index (χ1v) is 6.56. The summed E-state index contributed by atoms with van der Waals surface area (Å²) < 4.78 is 0.308. The smallest absolute Gasteiger partial charge is 0.284 e. The molecular formula is C10H16ClN3OS. The lowest BCUT2D eigenvalue weighted by Crippen LogP contribution is -2.34. The fourth-order valence-electron chi connectivity index (χ4n) is 1.29. The van der Waals surface area contributed by atoms with Crippen molar-refractivity contribution in [1.82, 2.24) is 15.1 Å². The van der Waals surface area contributed by atoms with Crippen molar-refractivity contribution in [3.63, 3.8) is 0 Å². The van der Waals surface area contributed by atoms with Crippen LogP contribution in [0.25, 0.3) is 0 Å². The lowest BCUT2D eigenvalue weighted by molar-refractivity contribution is 0.0739. The highest BCUT2D eigenvalue weighted by Crippen LogP contribution is 2.17. The summed E-state index contributed by atoms with van der Waals surface area (Å²) in [5.74, 6) is 0.416. The van der Waals surface area contributed by atoms with E-state index < -0.39 is 0 Å². The Morgan fingerprint density at radius 2 is 2.19 bits per heavy atom. The molecule has 1 aromatic heterocycles. The second-order valence-electron chi connectivity index (χ2n) is 3.72.